The molecule has 0 aromatic carbocycles. The summed E-state index contributed by atoms with van der Waals surface area (Å²) in [5, 5.41) is 13.3. The van der Waals surface area contributed by atoms with E-state index in [4.69, 9.17) is 9.78 Å². The van der Waals surface area contributed by atoms with Crippen molar-refractivity contribution in [2.24, 2.45) is 5.92 Å². The van der Waals surface area contributed by atoms with Gasteiger partial charge in [-0.15, -0.1) is 0 Å². The van der Waals surface area contributed by atoms with E-state index in [0.29, 0.717) is 11.1 Å². The lowest BCUT2D eigenvalue weighted by atomic mass is 10.3. The first kappa shape index (κ1) is 11.5. The lowest BCUT2D eigenvalue weighted by Crippen LogP contribution is -1.95. The van der Waals surface area contributed by atoms with Crippen LogP contribution in [-0.2, 0) is 5.75 Å². The highest BCUT2D eigenvalue weighted by atomic mass is 32.2. The summed E-state index contributed by atoms with van der Waals surface area (Å²) in [7, 11) is 0. The van der Waals surface area contributed by atoms with Crippen molar-refractivity contribution in [2.75, 3.05) is 0 Å². The second-order valence-corrected chi connectivity index (χ2v) is 5.58. The molecule has 0 radical (unpaired) electrons. The fourth-order valence-corrected chi connectivity index (χ4v) is 2.21. The molecule has 5 heteroatoms. The summed E-state index contributed by atoms with van der Waals surface area (Å²) in [4.78, 5) is 4.33. The van der Waals surface area contributed by atoms with E-state index in [1.807, 2.05) is 11.8 Å². The Morgan fingerprint density at radius 2 is 2.50 bits per heavy atom. The standard InChI is InChI=1S/C11H15N3OS/c1-3-7(2)16-6-10-13-11(15-14-10)9-4-8(9)5-12/h7-9H,3-4,6H2,1-2H3. The predicted molar refractivity (Wildman–Crippen MR) is 61.8 cm³/mol. The number of thioether (sulfide) groups is 1. The topological polar surface area (TPSA) is 62.7 Å². The van der Waals surface area contributed by atoms with E-state index < -0.39 is 0 Å². The van der Waals surface area contributed by atoms with Crippen LogP contribution < -0.4 is 0 Å². The second-order valence-electron chi connectivity index (χ2n) is 4.16. The van der Waals surface area contributed by atoms with Crippen LogP contribution in [0.4, 0.5) is 0 Å². The van der Waals surface area contributed by atoms with Crippen molar-refractivity contribution < 1.29 is 4.52 Å². The minimum absolute atomic E-state index is 0.0931. The third kappa shape index (κ3) is 2.56. The largest absolute Gasteiger partial charge is 0.339 e. The third-order valence-electron chi connectivity index (χ3n) is 2.83. The first-order chi connectivity index (χ1) is 7.74. The Morgan fingerprint density at radius 3 is 3.12 bits per heavy atom. The first-order valence-electron chi connectivity index (χ1n) is 5.58. The number of nitrogens with zero attached hydrogens (tertiary/aromatic N) is 3. The molecule has 1 fully saturated rings. The average Bonchev–Trinajstić information content (AvgIpc) is 2.96. The van der Waals surface area contributed by atoms with E-state index in [9.17, 15) is 0 Å². The normalized spacial score (nSPS) is 25.1. The number of hydrogen-bond acceptors (Lipinski definition) is 5. The van der Waals surface area contributed by atoms with Crippen molar-refractivity contribution >= 4 is 11.8 Å². The average molecular weight is 237 g/mol. The highest BCUT2D eigenvalue weighted by Gasteiger charge is 2.43. The van der Waals surface area contributed by atoms with Crippen molar-refractivity contribution in [1.82, 2.24) is 10.1 Å². The van der Waals surface area contributed by atoms with Crippen LogP contribution in [0.25, 0.3) is 0 Å². The summed E-state index contributed by atoms with van der Waals surface area (Å²) < 4.78 is 5.16. The SMILES string of the molecule is CCC(C)SCc1noc(C2CC2C#N)n1. The van der Waals surface area contributed by atoms with E-state index >= 15 is 0 Å². The van der Waals surface area contributed by atoms with Crippen LogP contribution in [-0.4, -0.2) is 15.4 Å². The van der Waals surface area contributed by atoms with Crippen LogP contribution in [0, 0.1) is 17.2 Å². The van der Waals surface area contributed by atoms with Gasteiger partial charge >= 0.3 is 0 Å². The molecule has 0 amide bonds. The summed E-state index contributed by atoms with van der Waals surface area (Å²) in [6, 6.07) is 2.22. The summed E-state index contributed by atoms with van der Waals surface area (Å²) in [6.07, 6.45) is 2.02. The molecule has 0 spiro atoms. The summed E-state index contributed by atoms with van der Waals surface area (Å²) in [5.41, 5.74) is 0. The van der Waals surface area contributed by atoms with Crippen molar-refractivity contribution in [3.05, 3.63) is 11.7 Å². The number of aromatic nitrogens is 2. The van der Waals surface area contributed by atoms with Gasteiger partial charge in [-0.25, -0.2) is 0 Å². The minimum Gasteiger partial charge on any atom is -0.339 e. The van der Waals surface area contributed by atoms with Crippen LogP contribution >= 0.6 is 11.8 Å². The van der Waals surface area contributed by atoms with Gasteiger partial charge in [0, 0.05) is 5.25 Å². The molecule has 0 bridgehead atoms. The lowest BCUT2D eigenvalue weighted by Gasteiger charge is -2.04. The number of rotatable bonds is 5. The van der Waals surface area contributed by atoms with Crippen molar-refractivity contribution in [1.29, 1.82) is 5.26 Å². The predicted octanol–water partition coefficient (Wildman–Crippen LogP) is 2.73. The number of hydrogen-bond donors (Lipinski definition) is 0. The molecule has 3 unspecified atom stereocenters. The molecule has 1 saturated carbocycles. The van der Waals surface area contributed by atoms with Gasteiger partial charge in [-0.1, -0.05) is 19.0 Å². The molecule has 16 heavy (non-hydrogen) atoms. The molecule has 1 aromatic rings. The van der Waals surface area contributed by atoms with Crippen LogP contribution in [0.15, 0.2) is 4.52 Å². The van der Waals surface area contributed by atoms with Gasteiger partial charge in [0.15, 0.2) is 5.82 Å². The van der Waals surface area contributed by atoms with Gasteiger partial charge in [0.25, 0.3) is 0 Å². The van der Waals surface area contributed by atoms with Crippen LogP contribution in [0.3, 0.4) is 0 Å². The fourth-order valence-electron chi connectivity index (χ4n) is 1.42. The third-order valence-corrected chi connectivity index (χ3v) is 4.16. The van der Waals surface area contributed by atoms with Gasteiger partial charge in [-0.2, -0.15) is 22.0 Å². The van der Waals surface area contributed by atoms with Crippen molar-refractivity contribution in [3.8, 4) is 6.07 Å². The monoisotopic (exact) mass is 237 g/mol. The molecule has 1 aromatic heterocycles. The smallest absolute Gasteiger partial charge is 0.231 e. The van der Waals surface area contributed by atoms with Crippen molar-refractivity contribution in [2.45, 2.75) is 43.6 Å². The molecule has 2 rings (SSSR count). The minimum atomic E-state index is 0.0931. The van der Waals surface area contributed by atoms with Gasteiger partial charge < -0.3 is 4.52 Å². The maximum Gasteiger partial charge on any atom is 0.231 e. The molecule has 1 heterocycles. The summed E-state index contributed by atoms with van der Waals surface area (Å²) in [5.74, 6) is 2.48. The Balaban J connectivity index is 1.86. The second kappa shape index (κ2) is 4.88. The van der Waals surface area contributed by atoms with E-state index in [0.717, 1.165) is 24.4 Å². The molecule has 0 aliphatic heterocycles. The van der Waals surface area contributed by atoms with Gasteiger partial charge in [0.1, 0.15) is 0 Å². The first-order valence-corrected chi connectivity index (χ1v) is 6.63. The lowest BCUT2D eigenvalue weighted by molar-refractivity contribution is 0.373. The number of nitriles is 1. The maximum atomic E-state index is 8.71. The van der Waals surface area contributed by atoms with Gasteiger partial charge in [0.2, 0.25) is 5.89 Å². The zero-order valence-corrected chi connectivity index (χ0v) is 10.3. The molecular weight excluding hydrogens is 222 g/mol. The molecule has 0 N–H and O–H groups in total. The molecule has 0 saturated heterocycles. The zero-order valence-electron chi connectivity index (χ0n) is 9.51. The molecule has 1 aliphatic carbocycles. The van der Waals surface area contributed by atoms with Gasteiger partial charge in [-0.05, 0) is 12.8 Å². The molecule has 86 valence electrons. The fraction of sp³-hybridized carbons (Fsp3) is 0.727. The Morgan fingerprint density at radius 1 is 1.69 bits per heavy atom. The van der Waals surface area contributed by atoms with Crippen molar-refractivity contribution in [3.63, 3.8) is 0 Å². The Kier molecular flexibility index (Phi) is 3.49. The Hall–Kier alpha value is -1.02. The summed E-state index contributed by atoms with van der Waals surface area (Å²) in [6.45, 7) is 4.36. The quantitative estimate of drug-likeness (QED) is 0.788. The van der Waals surface area contributed by atoms with Crippen LogP contribution in [0.5, 0.6) is 0 Å². The maximum absolute atomic E-state index is 8.71. The molecule has 1 aliphatic rings. The zero-order chi connectivity index (χ0) is 11.5. The molecule has 3 atom stereocenters. The highest BCUT2D eigenvalue weighted by molar-refractivity contribution is 7.99. The molecule has 4 nitrogen and oxygen atoms in total. The molecular formula is C11H15N3OS. The Bertz CT molecular complexity index is 398. The van der Waals surface area contributed by atoms with E-state index in [-0.39, 0.29) is 11.8 Å². The Labute approximate surface area is 99.4 Å². The van der Waals surface area contributed by atoms with E-state index in [1.54, 1.807) is 0 Å². The van der Waals surface area contributed by atoms with E-state index in [1.165, 1.54) is 0 Å². The van der Waals surface area contributed by atoms with E-state index in [2.05, 4.69) is 30.1 Å². The van der Waals surface area contributed by atoms with Gasteiger partial charge in [0.05, 0.1) is 23.7 Å². The summed E-state index contributed by atoms with van der Waals surface area (Å²) >= 11 is 1.83. The highest BCUT2D eigenvalue weighted by Crippen LogP contribution is 2.46. The van der Waals surface area contributed by atoms with Crippen LogP contribution in [0.2, 0.25) is 0 Å². The van der Waals surface area contributed by atoms with Crippen LogP contribution in [0.1, 0.15) is 44.3 Å². The van der Waals surface area contributed by atoms with Gasteiger partial charge in [-0.3, -0.25) is 0 Å².